The Morgan fingerprint density at radius 1 is 1.16 bits per heavy atom. The van der Waals surface area contributed by atoms with Crippen molar-refractivity contribution in [3.8, 4) is 11.8 Å². The molecule has 0 bridgehead atoms. The van der Waals surface area contributed by atoms with Gasteiger partial charge in [0.15, 0.2) is 0 Å². The molecule has 3 aromatic rings. The molecule has 1 aliphatic carbocycles. The van der Waals surface area contributed by atoms with Gasteiger partial charge in [-0.2, -0.15) is 9.94 Å². The zero-order valence-corrected chi connectivity index (χ0v) is 17.3. The fourth-order valence-electron chi connectivity index (χ4n) is 3.96. The maximum atomic E-state index is 12.1. The maximum absolute atomic E-state index is 12.1. The summed E-state index contributed by atoms with van der Waals surface area (Å²) in [6.45, 7) is 0.631. The van der Waals surface area contributed by atoms with Crippen molar-refractivity contribution in [3.63, 3.8) is 0 Å². The Balaban J connectivity index is 1.52. The molecular formula is C21H13Cl2N5O3. The number of aromatic amines is 1. The number of fused-ring (bicyclic) bond motifs is 2. The smallest absolute Gasteiger partial charge is 0.349 e. The summed E-state index contributed by atoms with van der Waals surface area (Å²) in [5, 5.41) is 16.7. The summed E-state index contributed by atoms with van der Waals surface area (Å²) in [6, 6.07) is 10.5. The topological polar surface area (TPSA) is 121 Å². The van der Waals surface area contributed by atoms with Crippen molar-refractivity contribution in [2.45, 2.75) is 18.3 Å². The molecule has 5 rings (SSSR count). The van der Waals surface area contributed by atoms with Crippen LogP contribution < -0.4 is 16.6 Å². The Morgan fingerprint density at radius 2 is 1.87 bits per heavy atom. The van der Waals surface area contributed by atoms with E-state index in [1.165, 1.54) is 12.1 Å². The average molecular weight is 454 g/mol. The Labute approximate surface area is 185 Å². The van der Waals surface area contributed by atoms with Gasteiger partial charge >= 0.3 is 5.69 Å². The van der Waals surface area contributed by atoms with Gasteiger partial charge in [-0.15, -0.1) is 5.10 Å². The number of aromatic nitrogens is 3. The van der Waals surface area contributed by atoms with E-state index in [9.17, 15) is 14.4 Å². The molecule has 1 aromatic heterocycles. The highest BCUT2D eigenvalue weighted by Gasteiger charge is 2.58. The van der Waals surface area contributed by atoms with Gasteiger partial charge in [0.2, 0.25) is 5.69 Å². The Kier molecular flexibility index (Phi) is 4.29. The molecule has 1 unspecified atom stereocenters. The largest absolute Gasteiger partial charge is 0.383 e. The highest BCUT2D eigenvalue weighted by Crippen LogP contribution is 2.51. The van der Waals surface area contributed by atoms with Crippen molar-refractivity contribution < 1.29 is 4.79 Å². The van der Waals surface area contributed by atoms with E-state index in [1.807, 2.05) is 23.2 Å². The summed E-state index contributed by atoms with van der Waals surface area (Å²) in [6.07, 6.45) is 0.977. The van der Waals surface area contributed by atoms with Crippen molar-refractivity contribution in [1.82, 2.24) is 14.8 Å². The fraction of sp³-hybridized carbons (Fsp3) is 0.190. The molecule has 2 N–H and O–H groups in total. The number of nitrogens with zero attached hydrogens (tertiary/aromatic N) is 3. The first kappa shape index (κ1) is 19.5. The minimum absolute atomic E-state index is 0.220. The quantitative estimate of drug-likeness (QED) is 0.627. The lowest BCUT2D eigenvalue weighted by Crippen LogP contribution is -2.33. The third kappa shape index (κ3) is 3.05. The first-order valence-corrected chi connectivity index (χ1v) is 10.1. The molecular weight excluding hydrogens is 441 g/mol. The molecule has 10 heteroatoms. The van der Waals surface area contributed by atoms with Gasteiger partial charge in [0.1, 0.15) is 11.9 Å². The summed E-state index contributed by atoms with van der Waals surface area (Å²) in [7, 11) is 0. The molecule has 31 heavy (non-hydrogen) atoms. The van der Waals surface area contributed by atoms with Crippen LogP contribution >= 0.6 is 23.2 Å². The van der Waals surface area contributed by atoms with E-state index in [0.29, 0.717) is 35.0 Å². The third-order valence-corrected chi connectivity index (χ3v) is 6.41. The molecule has 1 spiro atoms. The molecule has 154 valence electrons. The van der Waals surface area contributed by atoms with Crippen LogP contribution in [0.3, 0.4) is 0 Å². The van der Waals surface area contributed by atoms with E-state index in [4.69, 9.17) is 28.5 Å². The van der Waals surface area contributed by atoms with E-state index < -0.39 is 22.4 Å². The second-order valence-corrected chi connectivity index (χ2v) is 8.43. The lowest BCUT2D eigenvalue weighted by molar-refractivity contribution is -0.111. The Morgan fingerprint density at radius 3 is 2.52 bits per heavy atom. The molecule has 0 amide bonds. The van der Waals surface area contributed by atoms with Crippen molar-refractivity contribution in [1.29, 1.82) is 5.26 Å². The summed E-state index contributed by atoms with van der Waals surface area (Å²) in [5.41, 5.74) is 1.27. The Hall–Kier alpha value is -3.41. The number of anilines is 1. The molecule has 1 atom stereocenters. The number of hydrogen-bond acceptors (Lipinski definition) is 6. The van der Waals surface area contributed by atoms with Gasteiger partial charge in [-0.3, -0.25) is 14.6 Å². The van der Waals surface area contributed by atoms with Crippen LogP contribution in [0, 0.1) is 11.3 Å². The molecule has 0 radical (unpaired) electrons. The molecule has 1 aliphatic heterocycles. The zero-order chi connectivity index (χ0) is 21.9. The molecule has 8 nitrogen and oxygen atoms in total. The number of rotatable bonds is 3. The zero-order valence-electron chi connectivity index (χ0n) is 15.8. The van der Waals surface area contributed by atoms with Crippen molar-refractivity contribution in [2.24, 2.45) is 0 Å². The number of benzene rings is 2. The van der Waals surface area contributed by atoms with Crippen LogP contribution in [-0.2, 0) is 16.6 Å². The van der Waals surface area contributed by atoms with Crippen LogP contribution in [-0.4, -0.2) is 27.1 Å². The van der Waals surface area contributed by atoms with Crippen LogP contribution in [0.15, 0.2) is 39.9 Å². The predicted molar refractivity (Wildman–Crippen MR) is 114 cm³/mol. The van der Waals surface area contributed by atoms with Crippen LogP contribution in [0.25, 0.3) is 5.69 Å². The van der Waals surface area contributed by atoms with Crippen molar-refractivity contribution >= 4 is 34.7 Å². The average Bonchev–Trinajstić information content (AvgIpc) is 3.25. The molecule has 1 saturated carbocycles. The minimum Gasteiger partial charge on any atom is -0.383 e. The Bertz CT molecular complexity index is 1430. The molecule has 2 aliphatic rings. The van der Waals surface area contributed by atoms with E-state index >= 15 is 0 Å². The number of nitriles is 1. The van der Waals surface area contributed by atoms with Gasteiger partial charge < -0.3 is 5.32 Å². The molecule has 2 aromatic carbocycles. The molecule has 1 fully saturated rings. The van der Waals surface area contributed by atoms with E-state index in [1.54, 1.807) is 6.07 Å². The highest BCUT2D eigenvalue weighted by atomic mass is 35.5. The second kappa shape index (κ2) is 6.80. The lowest BCUT2D eigenvalue weighted by atomic mass is 9.94. The lowest BCUT2D eigenvalue weighted by Gasteiger charge is -2.12. The number of Topliss-reactive ketones (excluding diaryl/α,β-unsaturated/α-hetero) is 1. The van der Waals surface area contributed by atoms with Gasteiger partial charge in [0, 0.05) is 35.1 Å². The predicted octanol–water partition coefficient (Wildman–Crippen LogP) is 2.33. The van der Waals surface area contributed by atoms with Crippen molar-refractivity contribution in [3.05, 3.63) is 83.6 Å². The first-order valence-electron chi connectivity index (χ1n) is 9.35. The number of ketones is 1. The van der Waals surface area contributed by atoms with Gasteiger partial charge in [0.25, 0.3) is 5.56 Å². The van der Waals surface area contributed by atoms with Gasteiger partial charge in [0.05, 0.1) is 11.1 Å². The summed E-state index contributed by atoms with van der Waals surface area (Å²) in [5.74, 6) is 0.243. The SMILES string of the molecule is N#Cc1nn(-c2cc(Cl)c(Cc3ccc4c(c3)C3(CN4)CC3=O)c(Cl)c2)c(=O)[nH]c1=O. The third-order valence-electron chi connectivity index (χ3n) is 5.74. The molecule has 2 heterocycles. The summed E-state index contributed by atoms with van der Waals surface area (Å²) < 4.78 is 0.866. The van der Waals surface area contributed by atoms with E-state index in [0.717, 1.165) is 21.5 Å². The fourth-order valence-corrected chi connectivity index (χ4v) is 4.57. The number of halogens is 2. The van der Waals surface area contributed by atoms with Gasteiger partial charge in [-0.1, -0.05) is 35.3 Å². The first-order chi connectivity index (χ1) is 14.8. The summed E-state index contributed by atoms with van der Waals surface area (Å²) in [4.78, 5) is 37.7. The van der Waals surface area contributed by atoms with E-state index in [2.05, 4.69) is 10.4 Å². The number of nitrogens with one attached hydrogen (secondary N) is 2. The molecule has 0 saturated heterocycles. The van der Waals surface area contributed by atoms with Gasteiger partial charge in [-0.05, 0) is 34.9 Å². The number of H-pyrrole nitrogens is 1. The maximum Gasteiger partial charge on any atom is 0.349 e. The second-order valence-electron chi connectivity index (χ2n) is 7.61. The van der Waals surface area contributed by atoms with Gasteiger partial charge in [-0.25, -0.2) is 4.79 Å². The number of hydrogen-bond donors (Lipinski definition) is 2. The van der Waals surface area contributed by atoms with Crippen LogP contribution in [0.5, 0.6) is 0 Å². The van der Waals surface area contributed by atoms with Crippen LogP contribution in [0.2, 0.25) is 10.0 Å². The highest BCUT2D eigenvalue weighted by molar-refractivity contribution is 6.36. The van der Waals surface area contributed by atoms with Crippen LogP contribution in [0.1, 0.15) is 28.8 Å². The summed E-state index contributed by atoms with van der Waals surface area (Å²) >= 11 is 12.9. The number of carbonyl (C=O) groups excluding carboxylic acids is 1. The monoisotopic (exact) mass is 453 g/mol. The number of carbonyl (C=O) groups is 1. The standard InChI is InChI=1S/C21H13Cl2N5O3/c22-14-5-11(28-20(31)26-19(30)17(8-24)27-28)6-15(23)12(14)3-10-1-2-16-13(4-10)21(9-25-16)7-18(21)29/h1-2,4-6,25H,3,7,9H2,(H,26,30,31). The van der Waals surface area contributed by atoms with Crippen LogP contribution in [0.4, 0.5) is 5.69 Å². The minimum atomic E-state index is -0.865. The van der Waals surface area contributed by atoms with E-state index in [-0.39, 0.29) is 11.5 Å². The normalized spacial score (nSPS) is 18.5. The van der Waals surface area contributed by atoms with Crippen molar-refractivity contribution in [2.75, 3.05) is 11.9 Å².